The summed E-state index contributed by atoms with van der Waals surface area (Å²) in [5.41, 5.74) is -0.0710. The number of rotatable bonds is 5. The Morgan fingerprint density at radius 2 is 1.60 bits per heavy atom. The van der Waals surface area contributed by atoms with E-state index in [1.165, 1.54) is 25.2 Å². The topological polar surface area (TPSA) is 98.2 Å². The summed E-state index contributed by atoms with van der Waals surface area (Å²) in [6.07, 6.45) is 0. The van der Waals surface area contributed by atoms with E-state index in [-0.39, 0.29) is 5.69 Å². The molecule has 0 aromatic heterocycles. The van der Waals surface area contributed by atoms with Gasteiger partial charge in [-0.2, -0.15) is 0 Å². The Balaban J connectivity index is 2.96. The van der Waals surface area contributed by atoms with Crippen molar-refractivity contribution in [3.05, 3.63) is 30.1 Å². The van der Waals surface area contributed by atoms with E-state index in [0.29, 0.717) is 4.90 Å². The van der Waals surface area contributed by atoms with Gasteiger partial charge >= 0.3 is 18.0 Å². The van der Waals surface area contributed by atoms with Gasteiger partial charge in [-0.3, -0.25) is 14.5 Å². The van der Waals surface area contributed by atoms with Crippen LogP contribution in [0, 0.1) is 5.82 Å². The minimum atomic E-state index is -1.36. The number of carbonyl (C=O) groups excluding carboxylic acids is 1. The van der Waals surface area contributed by atoms with E-state index in [4.69, 9.17) is 10.2 Å². The Labute approximate surface area is 113 Å². The van der Waals surface area contributed by atoms with Crippen LogP contribution in [0.5, 0.6) is 0 Å². The molecule has 0 saturated heterocycles. The van der Waals surface area contributed by atoms with E-state index < -0.39 is 36.9 Å². The molecule has 0 unspecified atom stereocenters. The number of amides is 2. The molecule has 1 aromatic carbocycles. The van der Waals surface area contributed by atoms with Gasteiger partial charge in [0.2, 0.25) is 0 Å². The zero-order chi connectivity index (χ0) is 15.3. The highest BCUT2D eigenvalue weighted by atomic mass is 19.1. The Morgan fingerprint density at radius 1 is 1.10 bits per heavy atom. The van der Waals surface area contributed by atoms with Gasteiger partial charge in [0.15, 0.2) is 0 Å². The third-order valence-corrected chi connectivity index (χ3v) is 2.42. The largest absolute Gasteiger partial charge is 0.480 e. The summed E-state index contributed by atoms with van der Waals surface area (Å²) >= 11 is 0. The van der Waals surface area contributed by atoms with E-state index in [1.54, 1.807) is 0 Å². The lowest BCUT2D eigenvalue weighted by Gasteiger charge is -2.25. The number of anilines is 1. The van der Waals surface area contributed by atoms with Crippen LogP contribution in [0.2, 0.25) is 0 Å². The second-order valence-corrected chi connectivity index (χ2v) is 3.94. The highest BCUT2D eigenvalue weighted by Gasteiger charge is 2.24. The lowest BCUT2D eigenvalue weighted by atomic mass is 10.3. The lowest BCUT2D eigenvalue weighted by Crippen LogP contribution is -2.46. The number of hydrogen-bond acceptors (Lipinski definition) is 3. The predicted molar refractivity (Wildman–Crippen MR) is 67.0 cm³/mol. The number of carbonyl (C=O) groups is 3. The molecular formula is C12H13FN2O5. The van der Waals surface area contributed by atoms with Crippen molar-refractivity contribution in [1.29, 1.82) is 0 Å². The van der Waals surface area contributed by atoms with Gasteiger partial charge in [-0.1, -0.05) is 12.1 Å². The fourth-order valence-electron chi connectivity index (χ4n) is 1.56. The normalized spacial score (nSPS) is 9.90. The summed E-state index contributed by atoms with van der Waals surface area (Å²) in [4.78, 5) is 34.8. The maximum atomic E-state index is 13.5. The average Bonchev–Trinajstić information content (AvgIpc) is 2.35. The van der Waals surface area contributed by atoms with Crippen LogP contribution >= 0.6 is 0 Å². The van der Waals surface area contributed by atoms with Crippen molar-refractivity contribution in [2.75, 3.05) is 25.0 Å². The minimum absolute atomic E-state index is 0.0710. The van der Waals surface area contributed by atoms with Gasteiger partial charge in [-0.05, 0) is 12.1 Å². The Hall–Kier alpha value is -2.64. The van der Waals surface area contributed by atoms with Crippen LogP contribution in [0.1, 0.15) is 0 Å². The molecule has 0 aliphatic carbocycles. The average molecular weight is 284 g/mol. The van der Waals surface area contributed by atoms with Crippen LogP contribution in [-0.4, -0.2) is 53.2 Å². The quantitative estimate of drug-likeness (QED) is 0.835. The van der Waals surface area contributed by atoms with Crippen molar-refractivity contribution in [3.63, 3.8) is 0 Å². The van der Waals surface area contributed by atoms with Crippen molar-refractivity contribution in [2.45, 2.75) is 0 Å². The number of urea groups is 1. The maximum absolute atomic E-state index is 13.5. The molecule has 0 fully saturated rings. The molecule has 0 bridgehead atoms. The van der Waals surface area contributed by atoms with Crippen LogP contribution < -0.4 is 4.90 Å². The number of hydrogen-bond donors (Lipinski definition) is 2. The van der Waals surface area contributed by atoms with Crippen molar-refractivity contribution >= 4 is 23.7 Å². The molecule has 0 spiro atoms. The Kier molecular flexibility index (Phi) is 5.01. The summed E-state index contributed by atoms with van der Waals surface area (Å²) in [6.45, 7) is -1.58. The molecule has 2 N–H and O–H groups in total. The fraction of sp³-hybridized carbons (Fsp3) is 0.250. The summed E-state index contributed by atoms with van der Waals surface area (Å²) in [5.74, 6) is -3.39. The molecule has 1 rings (SSSR count). The third-order valence-electron chi connectivity index (χ3n) is 2.42. The minimum Gasteiger partial charge on any atom is -0.480 e. The van der Waals surface area contributed by atoms with Gasteiger partial charge < -0.3 is 15.1 Å². The molecule has 0 aliphatic rings. The fourth-order valence-corrected chi connectivity index (χ4v) is 1.56. The Bertz CT molecular complexity index is 518. The molecule has 108 valence electrons. The van der Waals surface area contributed by atoms with Crippen molar-refractivity contribution < 1.29 is 29.0 Å². The molecule has 20 heavy (non-hydrogen) atoms. The summed E-state index contributed by atoms with van der Waals surface area (Å²) in [5, 5.41) is 17.3. The molecule has 8 heteroatoms. The zero-order valence-corrected chi connectivity index (χ0v) is 10.6. The molecule has 0 aliphatic heterocycles. The number of carboxylic acid groups (broad SMARTS) is 2. The van der Waals surface area contributed by atoms with Crippen molar-refractivity contribution in [2.24, 2.45) is 0 Å². The molecular weight excluding hydrogens is 271 g/mol. The first-order valence-corrected chi connectivity index (χ1v) is 5.53. The smallest absolute Gasteiger partial charge is 0.325 e. The monoisotopic (exact) mass is 284 g/mol. The summed E-state index contributed by atoms with van der Waals surface area (Å²) in [6, 6.07) is 4.48. The van der Waals surface area contributed by atoms with Gasteiger partial charge in [0.05, 0.1) is 5.69 Å². The summed E-state index contributed by atoms with van der Waals surface area (Å²) < 4.78 is 13.5. The van der Waals surface area contributed by atoms with Crippen LogP contribution in [0.15, 0.2) is 24.3 Å². The number of para-hydroxylation sites is 1. The Morgan fingerprint density at radius 3 is 2.05 bits per heavy atom. The lowest BCUT2D eigenvalue weighted by molar-refractivity contribution is -0.140. The molecule has 1 aromatic rings. The summed E-state index contributed by atoms with van der Waals surface area (Å²) in [7, 11) is 1.23. The predicted octanol–water partition coefficient (Wildman–Crippen LogP) is 0.853. The van der Waals surface area contributed by atoms with Gasteiger partial charge in [0, 0.05) is 7.05 Å². The first kappa shape index (κ1) is 15.4. The number of halogens is 1. The van der Waals surface area contributed by atoms with Crippen LogP contribution in [0.4, 0.5) is 14.9 Å². The first-order chi connectivity index (χ1) is 9.32. The third kappa shape index (κ3) is 3.94. The van der Waals surface area contributed by atoms with E-state index in [9.17, 15) is 18.8 Å². The van der Waals surface area contributed by atoms with E-state index in [1.807, 2.05) is 0 Å². The number of carboxylic acids is 2. The van der Waals surface area contributed by atoms with Gasteiger partial charge in [-0.25, -0.2) is 9.18 Å². The van der Waals surface area contributed by atoms with Crippen molar-refractivity contribution in [1.82, 2.24) is 4.90 Å². The van der Waals surface area contributed by atoms with Crippen LogP contribution in [0.25, 0.3) is 0 Å². The number of aliphatic carboxylic acids is 2. The molecule has 0 saturated carbocycles. The second-order valence-electron chi connectivity index (χ2n) is 3.94. The SMILES string of the molecule is CN(C(=O)N(CC(=O)O)CC(=O)O)c1ccccc1F. The second kappa shape index (κ2) is 6.50. The van der Waals surface area contributed by atoms with E-state index in [2.05, 4.69) is 0 Å². The molecule has 0 radical (unpaired) electrons. The van der Waals surface area contributed by atoms with E-state index in [0.717, 1.165) is 11.0 Å². The maximum Gasteiger partial charge on any atom is 0.325 e. The zero-order valence-electron chi connectivity index (χ0n) is 10.6. The van der Waals surface area contributed by atoms with Gasteiger partial charge in [0.1, 0.15) is 18.9 Å². The number of benzene rings is 1. The van der Waals surface area contributed by atoms with Crippen LogP contribution in [0.3, 0.4) is 0 Å². The molecule has 7 nitrogen and oxygen atoms in total. The molecule has 0 atom stereocenters. The highest BCUT2D eigenvalue weighted by Crippen LogP contribution is 2.18. The van der Waals surface area contributed by atoms with E-state index >= 15 is 0 Å². The highest BCUT2D eigenvalue weighted by molar-refractivity contribution is 5.95. The van der Waals surface area contributed by atoms with Gasteiger partial charge in [0.25, 0.3) is 0 Å². The van der Waals surface area contributed by atoms with Crippen LogP contribution in [-0.2, 0) is 9.59 Å². The standard InChI is InChI=1S/C12H13FN2O5/c1-14(9-5-3-2-4-8(9)13)12(20)15(6-10(16)17)7-11(18)19/h2-5H,6-7H2,1H3,(H,16,17)(H,18,19). The molecule has 2 amide bonds. The van der Waals surface area contributed by atoms with Crippen molar-refractivity contribution in [3.8, 4) is 0 Å². The number of nitrogens with zero attached hydrogens (tertiary/aromatic N) is 2. The van der Waals surface area contributed by atoms with Gasteiger partial charge in [-0.15, -0.1) is 0 Å². The first-order valence-electron chi connectivity index (χ1n) is 5.53. The molecule has 0 heterocycles.